The highest BCUT2D eigenvalue weighted by Gasteiger charge is 2.33. The number of para-hydroxylation sites is 1. The summed E-state index contributed by atoms with van der Waals surface area (Å²) in [6.07, 6.45) is -3.13. The smallest absolute Gasteiger partial charge is 0.335 e. The van der Waals surface area contributed by atoms with E-state index in [1.165, 1.54) is 58.1 Å². The molecule has 1 saturated heterocycles. The average Bonchev–Trinajstić information content (AvgIpc) is 3.31. The Morgan fingerprint density at radius 2 is 1.42 bits per heavy atom. The van der Waals surface area contributed by atoms with Crippen molar-refractivity contribution < 1.29 is 31.9 Å². The number of anilines is 1. The molecule has 0 aliphatic carbocycles. The first kappa shape index (κ1) is 25.0. The summed E-state index contributed by atoms with van der Waals surface area (Å²) in [7, 11) is 0. The summed E-state index contributed by atoms with van der Waals surface area (Å²) >= 11 is 0. The third-order valence-corrected chi connectivity index (χ3v) is 5.81. The molecule has 1 aliphatic heterocycles. The van der Waals surface area contributed by atoms with E-state index in [2.05, 4.69) is 5.32 Å². The van der Waals surface area contributed by atoms with Crippen LogP contribution in [0.4, 0.5) is 23.2 Å². The Labute approximate surface area is 203 Å². The number of amides is 3. The molecule has 1 fully saturated rings. The molecule has 0 unspecified atom stereocenters. The maximum atomic E-state index is 13.2. The van der Waals surface area contributed by atoms with Crippen molar-refractivity contribution in [3.8, 4) is 0 Å². The number of carbonyl (C=O) groups is 3. The normalized spacial score (nSPS) is 14.0. The summed E-state index contributed by atoms with van der Waals surface area (Å²) < 4.78 is 54.1. The zero-order valence-corrected chi connectivity index (χ0v) is 19.0. The van der Waals surface area contributed by atoms with Crippen LogP contribution in [0.3, 0.4) is 0 Å². The maximum absolute atomic E-state index is 13.2. The second kappa shape index (κ2) is 10.2. The Morgan fingerprint density at radius 3 is 2.06 bits per heavy atom. The summed E-state index contributed by atoms with van der Waals surface area (Å²) in [5.74, 6) is -1.78. The minimum atomic E-state index is -4.63. The molecule has 4 rings (SSSR count). The molecule has 1 N–H and O–H groups in total. The second-order valence-corrected chi connectivity index (χ2v) is 8.20. The summed E-state index contributed by atoms with van der Waals surface area (Å²) in [5.41, 5.74) is -0.775. The number of aromatic nitrogens is 1. The molecular weight excluding hydrogens is 480 g/mol. The fraction of sp³-hybridized carbons (Fsp3) is 0.240. The number of rotatable bonds is 5. The van der Waals surface area contributed by atoms with Gasteiger partial charge in [-0.15, -0.1) is 0 Å². The van der Waals surface area contributed by atoms with E-state index in [4.69, 9.17) is 0 Å². The van der Waals surface area contributed by atoms with Crippen LogP contribution in [0.25, 0.3) is 0 Å². The quantitative estimate of drug-likeness (QED) is 0.539. The second-order valence-electron chi connectivity index (χ2n) is 8.20. The first-order valence-corrected chi connectivity index (χ1v) is 11.1. The lowest BCUT2D eigenvalue weighted by Gasteiger charge is -2.35. The molecule has 1 aromatic heterocycles. The van der Waals surface area contributed by atoms with Crippen molar-refractivity contribution in [3.63, 3.8) is 0 Å². The molecule has 0 spiro atoms. The van der Waals surface area contributed by atoms with Crippen LogP contribution >= 0.6 is 0 Å². The van der Waals surface area contributed by atoms with Crippen molar-refractivity contribution >= 4 is 23.4 Å². The molecule has 2 heterocycles. The molecule has 188 valence electrons. The number of piperazine rings is 1. The van der Waals surface area contributed by atoms with Crippen LogP contribution in [0.15, 0.2) is 66.9 Å². The van der Waals surface area contributed by atoms with Gasteiger partial charge in [-0.05, 0) is 48.5 Å². The molecule has 1 aliphatic rings. The fourth-order valence-electron chi connectivity index (χ4n) is 3.98. The highest BCUT2D eigenvalue weighted by molar-refractivity contribution is 5.96. The van der Waals surface area contributed by atoms with Gasteiger partial charge in [-0.1, -0.05) is 12.1 Å². The number of hydrogen-bond acceptors (Lipinski definition) is 3. The van der Waals surface area contributed by atoms with Crippen molar-refractivity contribution in [3.05, 3.63) is 89.5 Å². The molecule has 11 heteroatoms. The minimum Gasteiger partial charge on any atom is -0.335 e. The van der Waals surface area contributed by atoms with Gasteiger partial charge < -0.3 is 19.7 Å². The number of benzene rings is 2. The maximum Gasteiger partial charge on any atom is 0.418 e. The lowest BCUT2D eigenvalue weighted by molar-refractivity contribution is -0.137. The molecule has 0 radical (unpaired) electrons. The van der Waals surface area contributed by atoms with Gasteiger partial charge >= 0.3 is 6.18 Å². The zero-order valence-electron chi connectivity index (χ0n) is 19.0. The average molecular weight is 502 g/mol. The van der Waals surface area contributed by atoms with Gasteiger partial charge in [0.2, 0.25) is 5.91 Å². The van der Waals surface area contributed by atoms with E-state index >= 15 is 0 Å². The monoisotopic (exact) mass is 502 g/mol. The third-order valence-electron chi connectivity index (χ3n) is 5.81. The standard InChI is InChI=1S/C25H22F4N4O3/c26-18-9-7-17(8-10-18)23(35)31-12-14-32(15-13-31)24(36)21-6-3-11-33(21)16-22(34)30-20-5-2-1-4-19(20)25(27,28)29/h1-11H,12-16H2,(H,30,34). The Morgan fingerprint density at radius 1 is 0.806 bits per heavy atom. The number of alkyl halides is 3. The molecule has 0 saturated carbocycles. The Balaban J connectivity index is 1.37. The fourth-order valence-corrected chi connectivity index (χ4v) is 3.98. The van der Waals surface area contributed by atoms with E-state index in [0.29, 0.717) is 5.56 Å². The molecular formula is C25H22F4N4O3. The summed E-state index contributed by atoms with van der Waals surface area (Å²) in [6.45, 7) is 0.697. The number of carbonyl (C=O) groups excluding carboxylic acids is 3. The van der Waals surface area contributed by atoms with E-state index < -0.39 is 23.5 Å². The Hall–Kier alpha value is -4.15. The minimum absolute atomic E-state index is 0.201. The first-order valence-electron chi connectivity index (χ1n) is 11.1. The van der Waals surface area contributed by atoms with Gasteiger partial charge in [0.15, 0.2) is 0 Å². The Kier molecular flexibility index (Phi) is 7.09. The third kappa shape index (κ3) is 5.56. The molecule has 0 bridgehead atoms. The highest BCUT2D eigenvalue weighted by atomic mass is 19.4. The highest BCUT2D eigenvalue weighted by Crippen LogP contribution is 2.34. The van der Waals surface area contributed by atoms with Gasteiger partial charge in [0.05, 0.1) is 11.3 Å². The molecule has 3 aromatic rings. The van der Waals surface area contributed by atoms with Crippen molar-refractivity contribution in [2.45, 2.75) is 12.7 Å². The van der Waals surface area contributed by atoms with E-state index in [1.54, 1.807) is 11.0 Å². The predicted octanol–water partition coefficient (Wildman–Crippen LogP) is 3.88. The van der Waals surface area contributed by atoms with Crippen LogP contribution in [-0.4, -0.2) is 58.3 Å². The van der Waals surface area contributed by atoms with Gasteiger partial charge in [-0.3, -0.25) is 14.4 Å². The van der Waals surface area contributed by atoms with E-state index in [1.807, 2.05) is 0 Å². The largest absolute Gasteiger partial charge is 0.418 e. The van der Waals surface area contributed by atoms with Crippen LogP contribution < -0.4 is 5.32 Å². The molecule has 7 nitrogen and oxygen atoms in total. The van der Waals surface area contributed by atoms with Crippen molar-refractivity contribution in [1.82, 2.24) is 14.4 Å². The van der Waals surface area contributed by atoms with Gasteiger partial charge in [0.1, 0.15) is 18.1 Å². The van der Waals surface area contributed by atoms with Crippen LogP contribution in [0.2, 0.25) is 0 Å². The van der Waals surface area contributed by atoms with Gasteiger partial charge in [0, 0.05) is 37.9 Å². The van der Waals surface area contributed by atoms with Crippen molar-refractivity contribution in [2.75, 3.05) is 31.5 Å². The van der Waals surface area contributed by atoms with Crippen LogP contribution in [0.1, 0.15) is 26.4 Å². The van der Waals surface area contributed by atoms with Crippen molar-refractivity contribution in [1.29, 1.82) is 0 Å². The topological polar surface area (TPSA) is 74.7 Å². The van der Waals surface area contributed by atoms with Gasteiger partial charge in [0.25, 0.3) is 11.8 Å². The molecule has 36 heavy (non-hydrogen) atoms. The summed E-state index contributed by atoms with van der Waals surface area (Å²) in [6, 6.07) is 13.0. The van der Waals surface area contributed by atoms with E-state index in [-0.39, 0.29) is 55.9 Å². The van der Waals surface area contributed by atoms with E-state index in [0.717, 1.165) is 12.1 Å². The zero-order chi connectivity index (χ0) is 25.9. The molecule has 3 amide bonds. The Bertz CT molecular complexity index is 1260. The summed E-state index contributed by atoms with van der Waals surface area (Å²) in [5, 5.41) is 2.27. The summed E-state index contributed by atoms with van der Waals surface area (Å²) in [4.78, 5) is 41.3. The molecule has 2 aromatic carbocycles. The van der Waals surface area contributed by atoms with Crippen LogP contribution in [-0.2, 0) is 17.5 Å². The van der Waals surface area contributed by atoms with Crippen LogP contribution in [0.5, 0.6) is 0 Å². The van der Waals surface area contributed by atoms with Crippen molar-refractivity contribution in [2.24, 2.45) is 0 Å². The first-order chi connectivity index (χ1) is 17.1. The lowest BCUT2D eigenvalue weighted by atomic mass is 10.1. The van der Waals surface area contributed by atoms with Crippen LogP contribution in [0, 0.1) is 5.82 Å². The van der Waals surface area contributed by atoms with Gasteiger partial charge in [-0.25, -0.2) is 4.39 Å². The number of nitrogens with zero attached hydrogens (tertiary/aromatic N) is 3. The SMILES string of the molecule is O=C(Cn1cccc1C(=O)N1CCN(C(=O)c2ccc(F)cc2)CC1)Nc1ccccc1C(F)(F)F. The van der Waals surface area contributed by atoms with E-state index in [9.17, 15) is 31.9 Å². The number of hydrogen-bond donors (Lipinski definition) is 1. The molecule has 0 atom stereocenters. The lowest BCUT2D eigenvalue weighted by Crippen LogP contribution is -2.51. The number of nitrogens with one attached hydrogen (secondary N) is 1. The number of halogens is 4. The predicted molar refractivity (Wildman–Crippen MR) is 123 cm³/mol. The van der Waals surface area contributed by atoms with Gasteiger partial charge in [-0.2, -0.15) is 13.2 Å².